The average molecular weight is 236 g/mol. The van der Waals surface area contributed by atoms with Gasteiger partial charge in [-0.2, -0.15) is 0 Å². The summed E-state index contributed by atoms with van der Waals surface area (Å²) in [5.41, 5.74) is 1.81. The fourth-order valence-electron chi connectivity index (χ4n) is 1.87. The SMILES string of the molecule is CCCN(CCC)c1cnc(C)cc1C(=O)O. The first-order valence-electron chi connectivity index (χ1n) is 6.05. The van der Waals surface area contributed by atoms with Crippen LogP contribution in [0.5, 0.6) is 0 Å². The quantitative estimate of drug-likeness (QED) is 0.825. The van der Waals surface area contributed by atoms with Gasteiger partial charge in [-0.3, -0.25) is 4.98 Å². The second-order valence-electron chi connectivity index (χ2n) is 4.14. The minimum Gasteiger partial charge on any atom is -0.478 e. The van der Waals surface area contributed by atoms with Crippen molar-refractivity contribution in [3.05, 3.63) is 23.5 Å². The topological polar surface area (TPSA) is 53.4 Å². The molecule has 1 N–H and O–H groups in total. The number of carboxylic acid groups (broad SMARTS) is 1. The summed E-state index contributed by atoms with van der Waals surface area (Å²) >= 11 is 0. The normalized spacial score (nSPS) is 10.3. The van der Waals surface area contributed by atoms with E-state index in [4.69, 9.17) is 0 Å². The zero-order valence-electron chi connectivity index (χ0n) is 10.7. The van der Waals surface area contributed by atoms with Gasteiger partial charge in [0.1, 0.15) is 0 Å². The second kappa shape index (κ2) is 6.23. The largest absolute Gasteiger partial charge is 0.478 e. The van der Waals surface area contributed by atoms with Crippen molar-refractivity contribution in [3.8, 4) is 0 Å². The molecule has 0 bridgehead atoms. The minimum absolute atomic E-state index is 0.347. The molecule has 0 spiro atoms. The summed E-state index contributed by atoms with van der Waals surface area (Å²) in [5.74, 6) is -0.886. The molecule has 4 heteroatoms. The number of nitrogens with zero attached hydrogens (tertiary/aromatic N) is 2. The molecule has 0 aliphatic heterocycles. The summed E-state index contributed by atoms with van der Waals surface area (Å²) < 4.78 is 0. The van der Waals surface area contributed by atoms with E-state index in [1.165, 1.54) is 0 Å². The van der Waals surface area contributed by atoms with Gasteiger partial charge in [-0.15, -0.1) is 0 Å². The standard InChI is InChI=1S/C13H20N2O2/c1-4-6-15(7-5-2)12-9-14-10(3)8-11(12)13(16)17/h8-9H,4-7H2,1-3H3,(H,16,17). The highest BCUT2D eigenvalue weighted by atomic mass is 16.4. The average Bonchev–Trinajstić information content (AvgIpc) is 2.28. The fourth-order valence-corrected chi connectivity index (χ4v) is 1.87. The Morgan fingerprint density at radius 2 is 1.94 bits per heavy atom. The maximum Gasteiger partial charge on any atom is 0.337 e. The number of hydrogen-bond donors (Lipinski definition) is 1. The molecule has 0 aromatic carbocycles. The number of anilines is 1. The van der Waals surface area contributed by atoms with Gasteiger partial charge in [0.25, 0.3) is 0 Å². The summed E-state index contributed by atoms with van der Waals surface area (Å²) in [6, 6.07) is 1.63. The highest BCUT2D eigenvalue weighted by Gasteiger charge is 2.15. The molecule has 0 saturated heterocycles. The van der Waals surface area contributed by atoms with Gasteiger partial charge in [-0.25, -0.2) is 4.79 Å². The highest BCUT2D eigenvalue weighted by Crippen LogP contribution is 2.21. The van der Waals surface area contributed by atoms with E-state index in [2.05, 4.69) is 23.7 Å². The zero-order chi connectivity index (χ0) is 12.8. The number of carboxylic acids is 1. The van der Waals surface area contributed by atoms with Crippen molar-refractivity contribution in [2.24, 2.45) is 0 Å². The monoisotopic (exact) mass is 236 g/mol. The molecule has 0 fully saturated rings. The first-order chi connectivity index (χ1) is 8.10. The van der Waals surface area contributed by atoms with Crippen LogP contribution in [0.15, 0.2) is 12.3 Å². The Labute approximate surface area is 102 Å². The molecule has 4 nitrogen and oxygen atoms in total. The molecule has 0 atom stereocenters. The van der Waals surface area contributed by atoms with Gasteiger partial charge in [0.15, 0.2) is 0 Å². The van der Waals surface area contributed by atoms with Crippen LogP contribution < -0.4 is 4.90 Å². The summed E-state index contributed by atoms with van der Waals surface area (Å²) in [6.45, 7) is 7.70. The van der Waals surface area contributed by atoms with E-state index in [0.29, 0.717) is 5.56 Å². The molecule has 0 unspecified atom stereocenters. The Kier molecular flexibility index (Phi) is 4.94. The smallest absolute Gasteiger partial charge is 0.337 e. The molecule has 1 heterocycles. The van der Waals surface area contributed by atoms with Crippen molar-refractivity contribution in [3.63, 3.8) is 0 Å². The first-order valence-corrected chi connectivity index (χ1v) is 6.05. The zero-order valence-corrected chi connectivity index (χ0v) is 10.7. The Balaban J connectivity index is 3.12. The number of carbonyl (C=O) groups is 1. The fraction of sp³-hybridized carbons (Fsp3) is 0.538. The molecular formula is C13H20N2O2. The number of aryl methyl sites for hydroxylation is 1. The van der Waals surface area contributed by atoms with Crippen molar-refractivity contribution < 1.29 is 9.90 Å². The van der Waals surface area contributed by atoms with E-state index < -0.39 is 5.97 Å². The third-order valence-electron chi connectivity index (χ3n) is 2.58. The number of aromatic nitrogens is 1. The lowest BCUT2D eigenvalue weighted by Crippen LogP contribution is -2.27. The molecule has 1 aromatic rings. The van der Waals surface area contributed by atoms with Crippen LogP contribution >= 0.6 is 0 Å². The van der Waals surface area contributed by atoms with Crippen LogP contribution in [0.1, 0.15) is 42.7 Å². The van der Waals surface area contributed by atoms with Crippen molar-refractivity contribution in [2.75, 3.05) is 18.0 Å². The first kappa shape index (κ1) is 13.5. The number of rotatable bonds is 6. The van der Waals surface area contributed by atoms with Crippen LogP contribution in [-0.2, 0) is 0 Å². The molecule has 1 aromatic heterocycles. The van der Waals surface area contributed by atoms with Gasteiger partial charge in [0.05, 0.1) is 17.4 Å². The third kappa shape index (κ3) is 3.44. The Morgan fingerprint density at radius 3 is 2.41 bits per heavy atom. The van der Waals surface area contributed by atoms with Gasteiger partial charge in [-0.05, 0) is 25.8 Å². The lowest BCUT2D eigenvalue weighted by Gasteiger charge is -2.25. The lowest BCUT2D eigenvalue weighted by molar-refractivity contribution is 0.0697. The van der Waals surface area contributed by atoms with Gasteiger partial charge in [0, 0.05) is 18.8 Å². The van der Waals surface area contributed by atoms with E-state index in [1.807, 2.05) is 0 Å². The van der Waals surface area contributed by atoms with E-state index in [9.17, 15) is 9.90 Å². The summed E-state index contributed by atoms with van der Waals surface area (Å²) in [7, 11) is 0. The molecular weight excluding hydrogens is 216 g/mol. The maximum atomic E-state index is 11.2. The molecule has 0 amide bonds. The molecule has 0 saturated carbocycles. The van der Waals surface area contributed by atoms with Gasteiger partial charge in [-0.1, -0.05) is 13.8 Å². The maximum absolute atomic E-state index is 11.2. The van der Waals surface area contributed by atoms with Crippen LogP contribution in [0.25, 0.3) is 0 Å². The molecule has 0 radical (unpaired) electrons. The van der Waals surface area contributed by atoms with Crippen LogP contribution in [0.3, 0.4) is 0 Å². The molecule has 94 valence electrons. The van der Waals surface area contributed by atoms with Crippen molar-refractivity contribution in [2.45, 2.75) is 33.6 Å². The lowest BCUT2D eigenvalue weighted by atomic mass is 10.1. The second-order valence-corrected chi connectivity index (χ2v) is 4.14. The Morgan fingerprint density at radius 1 is 1.35 bits per heavy atom. The van der Waals surface area contributed by atoms with Crippen LogP contribution in [0.4, 0.5) is 5.69 Å². The number of hydrogen-bond acceptors (Lipinski definition) is 3. The van der Waals surface area contributed by atoms with Crippen molar-refractivity contribution in [1.82, 2.24) is 4.98 Å². The van der Waals surface area contributed by atoms with Crippen LogP contribution in [0, 0.1) is 6.92 Å². The molecule has 17 heavy (non-hydrogen) atoms. The van der Waals surface area contributed by atoms with E-state index in [1.54, 1.807) is 19.2 Å². The predicted molar refractivity (Wildman–Crippen MR) is 68.7 cm³/mol. The Hall–Kier alpha value is -1.58. The molecule has 0 aliphatic carbocycles. The highest BCUT2D eigenvalue weighted by molar-refractivity contribution is 5.94. The van der Waals surface area contributed by atoms with E-state index in [0.717, 1.165) is 37.3 Å². The van der Waals surface area contributed by atoms with Crippen molar-refractivity contribution >= 4 is 11.7 Å². The molecule has 1 rings (SSSR count). The van der Waals surface area contributed by atoms with Crippen molar-refractivity contribution in [1.29, 1.82) is 0 Å². The predicted octanol–water partition coefficient (Wildman–Crippen LogP) is 2.71. The number of aromatic carboxylic acids is 1. The van der Waals surface area contributed by atoms with Gasteiger partial charge >= 0.3 is 5.97 Å². The summed E-state index contributed by atoms with van der Waals surface area (Å²) in [4.78, 5) is 17.5. The minimum atomic E-state index is -0.886. The Bertz CT molecular complexity index is 385. The van der Waals surface area contributed by atoms with Crippen LogP contribution in [-0.4, -0.2) is 29.1 Å². The number of pyridine rings is 1. The van der Waals surface area contributed by atoms with Gasteiger partial charge < -0.3 is 10.0 Å². The molecule has 0 aliphatic rings. The summed E-state index contributed by atoms with van der Waals surface area (Å²) in [5, 5.41) is 9.22. The van der Waals surface area contributed by atoms with E-state index in [-0.39, 0.29) is 0 Å². The summed E-state index contributed by atoms with van der Waals surface area (Å²) in [6.07, 6.45) is 3.66. The van der Waals surface area contributed by atoms with Crippen LogP contribution in [0.2, 0.25) is 0 Å². The van der Waals surface area contributed by atoms with E-state index >= 15 is 0 Å². The third-order valence-corrected chi connectivity index (χ3v) is 2.58. The van der Waals surface area contributed by atoms with Gasteiger partial charge in [0.2, 0.25) is 0 Å².